The van der Waals surface area contributed by atoms with Crippen LogP contribution in [0.25, 0.3) is 0 Å². The Morgan fingerprint density at radius 1 is 0.875 bits per heavy atom. The van der Waals surface area contributed by atoms with Crippen LogP contribution in [-0.2, 0) is 14.3 Å². The normalized spacial score (nSPS) is 48.2. The van der Waals surface area contributed by atoms with Gasteiger partial charge in [0.2, 0.25) is 0 Å². The van der Waals surface area contributed by atoms with Crippen LogP contribution in [0.2, 0.25) is 0 Å². The minimum Gasteiger partial charge on any atom is -0.481 e. The van der Waals surface area contributed by atoms with Gasteiger partial charge in [-0.1, -0.05) is 60.6 Å². The molecule has 5 nitrogen and oxygen atoms in total. The molecule has 40 heavy (non-hydrogen) atoms. The number of allylic oxidation sites excluding steroid dienone is 1. The van der Waals surface area contributed by atoms with Gasteiger partial charge < -0.3 is 15.6 Å². The van der Waals surface area contributed by atoms with Crippen LogP contribution in [0.3, 0.4) is 0 Å². The van der Waals surface area contributed by atoms with Gasteiger partial charge in [0.25, 0.3) is 0 Å². The van der Waals surface area contributed by atoms with E-state index in [0.717, 1.165) is 51.4 Å². The molecule has 11 atom stereocenters. The lowest BCUT2D eigenvalue weighted by Gasteiger charge is -2.72. The zero-order valence-electron chi connectivity index (χ0n) is 26.6. The zero-order chi connectivity index (χ0) is 29.6. The number of aliphatic carboxylic acids is 1. The Balaban J connectivity index is 1.46. The summed E-state index contributed by atoms with van der Waals surface area (Å²) in [5.74, 6) is 1.31. The molecule has 0 aliphatic heterocycles. The smallest absolute Gasteiger partial charge is 0.323 e. The number of nitrogens with two attached hydrogens (primary N) is 1. The molecule has 5 saturated carbocycles. The van der Waals surface area contributed by atoms with Gasteiger partial charge in [-0.25, -0.2) is 0 Å². The fraction of sp³-hybridized carbons (Fsp3) is 0.886. The van der Waals surface area contributed by atoms with Crippen molar-refractivity contribution in [2.24, 2.45) is 68.3 Å². The van der Waals surface area contributed by atoms with Gasteiger partial charge in [-0.2, -0.15) is 0 Å². The summed E-state index contributed by atoms with van der Waals surface area (Å²) < 4.78 is 6.18. The Bertz CT molecular complexity index is 1070. The number of ether oxygens (including phenoxy) is 1. The van der Waals surface area contributed by atoms with Crippen LogP contribution in [0.4, 0.5) is 0 Å². The minimum atomic E-state index is -0.572. The number of fused-ring (bicyclic) bond motifs is 7. The monoisotopic (exact) mass is 555 g/mol. The average molecular weight is 556 g/mol. The van der Waals surface area contributed by atoms with Gasteiger partial charge in [0.1, 0.15) is 12.1 Å². The van der Waals surface area contributed by atoms with Crippen LogP contribution in [0.15, 0.2) is 12.2 Å². The van der Waals surface area contributed by atoms with Crippen molar-refractivity contribution in [1.82, 2.24) is 0 Å². The largest absolute Gasteiger partial charge is 0.481 e. The summed E-state index contributed by atoms with van der Waals surface area (Å²) in [5, 5.41) is 10.6. The lowest BCUT2D eigenvalue weighted by Crippen LogP contribution is -2.67. The van der Waals surface area contributed by atoms with E-state index in [2.05, 4.69) is 48.1 Å². The molecule has 0 amide bonds. The third-order valence-electron chi connectivity index (χ3n) is 14.7. The highest BCUT2D eigenvalue weighted by molar-refractivity contribution is 5.76. The van der Waals surface area contributed by atoms with Gasteiger partial charge in [0.05, 0.1) is 5.41 Å². The molecule has 0 bridgehead atoms. The van der Waals surface area contributed by atoms with Crippen molar-refractivity contribution in [2.45, 2.75) is 132 Å². The van der Waals surface area contributed by atoms with E-state index in [1.54, 1.807) is 0 Å². The van der Waals surface area contributed by atoms with Gasteiger partial charge in [0, 0.05) is 5.41 Å². The molecule has 5 unspecified atom stereocenters. The van der Waals surface area contributed by atoms with E-state index in [1.165, 1.54) is 18.4 Å². The van der Waals surface area contributed by atoms with E-state index in [9.17, 15) is 14.7 Å². The number of rotatable bonds is 5. The maximum absolute atomic E-state index is 12.9. The Morgan fingerprint density at radius 2 is 1.55 bits per heavy atom. The van der Waals surface area contributed by atoms with E-state index >= 15 is 0 Å². The topological polar surface area (TPSA) is 89.6 Å². The molecular weight excluding hydrogens is 498 g/mol. The molecule has 5 rings (SSSR count). The van der Waals surface area contributed by atoms with E-state index in [-0.39, 0.29) is 45.6 Å². The number of carbonyl (C=O) groups excluding carboxylic acids is 1. The van der Waals surface area contributed by atoms with E-state index in [0.29, 0.717) is 23.7 Å². The first-order valence-corrected chi connectivity index (χ1v) is 16.3. The third kappa shape index (κ3) is 3.87. The van der Waals surface area contributed by atoms with Crippen LogP contribution in [0, 0.1) is 62.6 Å². The Morgan fingerprint density at radius 3 is 2.15 bits per heavy atom. The van der Waals surface area contributed by atoms with Crippen molar-refractivity contribution in [2.75, 3.05) is 0 Å². The van der Waals surface area contributed by atoms with Crippen molar-refractivity contribution >= 4 is 11.9 Å². The standard InChI is InChI=1S/C35H57NO4/c1-20(2)22-12-17-35(30(38)39)19-18-33(8)23(27(22)35)10-11-25-32(7)15-14-26(40-29(37)28(36)21(3)4)31(5,6)24(32)13-16-34(25,33)9/h21-28H,1,10-19,36H2,2-9H3,(H,38,39)/t22-,23?,24?,25?,26-,27?,28?,32-,33+,34+,35-/m0/s1. The SMILES string of the molecule is C=C(C)[C@@H]1CC[C@]2(C(=O)O)CC[C@]3(C)C(CCC4[C@@]5(C)CC[C@H](OC(=O)C(N)C(C)C)C(C)(C)C5CC[C@]43C)C12. The molecule has 5 aliphatic carbocycles. The fourth-order valence-electron chi connectivity index (χ4n) is 12.2. The second-order valence-electron chi connectivity index (χ2n) is 16.7. The van der Waals surface area contributed by atoms with Gasteiger partial charge >= 0.3 is 11.9 Å². The summed E-state index contributed by atoms with van der Waals surface area (Å²) in [6, 6.07) is -0.572. The summed E-state index contributed by atoms with van der Waals surface area (Å²) in [7, 11) is 0. The van der Waals surface area contributed by atoms with E-state index in [1.807, 2.05) is 13.8 Å². The number of carboxylic acids is 1. The number of hydrogen-bond donors (Lipinski definition) is 2. The van der Waals surface area contributed by atoms with Crippen LogP contribution in [-0.4, -0.2) is 29.2 Å². The molecule has 5 fully saturated rings. The van der Waals surface area contributed by atoms with Crippen molar-refractivity contribution in [1.29, 1.82) is 0 Å². The summed E-state index contributed by atoms with van der Waals surface area (Å²) in [6.07, 6.45) is 10.1. The lowest BCUT2D eigenvalue weighted by molar-refractivity contribution is -0.250. The third-order valence-corrected chi connectivity index (χ3v) is 14.7. The summed E-state index contributed by atoms with van der Waals surface area (Å²) in [4.78, 5) is 25.8. The predicted octanol–water partition coefficient (Wildman–Crippen LogP) is 7.62. The minimum absolute atomic E-state index is 0.0653. The Hall–Kier alpha value is -1.36. The molecule has 0 radical (unpaired) electrons. The van der Waals surface area contributed by atoms with Crippen molar-refractivity contribution in [3.63, 3.8) is 0 Å². The second kappa shape index (κ2) is 9.58. The molecule has 3 N–H and O–H groups in total. The van der Waals surface area contributed by atoms with Crippen LogP contribution < -0.4 is 5.73 Å². The average Bonchev–Trinajstić information content (AvgIpc) is 3.27. The molecule has 5 heteroatoms. The van der Waals surface area contributed by atoms with Gasteiger partial charge in [-0.3, -0.25) is 9.59 Å². The molecule has 0 heterocycles. The van der Waals surface area contributed by atoms with Gasteiger partial charge in [-0.15, -0.1) is 0 Å². The quantitative estimate of drug-likeness (QED) is 0.269. The number of esters is 1. The zero-order valence-corrected chi connectivity index (χ0v) is 26.6. The molecular formula is C35H57NO4. The molecule has 0 aromatic rings. The molecule has 226 valence electrons. The summed E-state index contributed by atoms with van der Waals surface area (Å²) >= 11 is 0. The van der Waals surface area contributed by atoms with Crippen LogP contribution in [0.5, 0.6) is 0 Å². The number of carboxylic acid groups (broad SMARTS) is 1. The highest BCUT2D eigenvalue weighted by Crippen LogP contribution is 2.77. The molecule has 0 aromatic carbocycles. The van der Waals surface area contributed by atoms with Crippen molar-refractivity contribution < 1.29 is 19.4 Å². The number of carbonyl (C=O) groups is 2. The van der Waals surface area contributed by atoms with Crippen molar-refractivity contribution in [3.8, 4) is 0 Å². The second-order valence-corrected chi connectivity index (χ2v) is 16.7. The highest BCUT2D eigenvalue weighted by Gasteiger charge is 2.72. The highest BCUT2D eigenvalue weighted by atomic mass is 16.5. The lowest BCUT2D eigenvalue weighted by atomic mass is 9.32. The molecule has 5 aliphatic rings. The first kappa shape index (κ1) is 30.1. The van der Waals surface area contributed by atoms with Crippen molar-refractivity contribution in [3.05, 3.63) is 12.2 Å². The molecule has 0 saturated heterocycles. The van der Waals surface area contributed by atoms with Gasteiger partial charge in [0.15, 0.2) is 0 Å². The van der Waals surface area contributed by atoms with E-state index in [4.69, 9.17) is 10.5 Å². The molecule has 0 aromatic heterocycles. The Labute approximate surface area is 243 Å². The number of hydrogen-bond acceptors (Lipinski definition) is 4. The Kier molecular flexibility index (Phi) is 7.21. The fourth-order valence-corrected chi connectivity index (χ4v) is 12.2. The maximum atomic E-state index is 12.9. The maximum Gasteiger partial charge on any atom is 0.323 e. The molecule has 0 spiro atoms. The van der Waals surface area contributed by atoms with Crippen LogP contribution >= 0.6 is 0 Å². The summed E-state index contributed by atoms with van der Waals surface area (Å²) in [5.41, 5.74) is 7.17. The van der Waals surface area contributed by atoms with E-state index < -0.39 is 17.4 Å². The summed E-state index contributed by atoms with van der Waals surface area (Å²) in [6.45, 7) is 22.8. The van der Waals surface area contributed by atoms with Crippen LogP contribution in [0.1, 0.15) is 120 Å². The predicted molar refractivity (Wildman–Crippen MR) is 159 cm³/mol. The van der Waals surface area contributed by atoms with Gasteiger partial charge in [-0.05, 0) is 123 Å². The first-order chi connectivity index (χ1) is 18.5. The first-order valence-electron chi connectivity index (χ1n) is 16.3.